The van der Waals surface area contributed by atoms with Gasteiger partial charge in [-0.3, -0.25) is 0 Å². The molecular formula is C19H22F3N5O2. The molecule has 4 rings (SSSR count). The number of aromatic hydroxyl groups is 1. The Morgan fingerprint density at radius 2 is 1.93 bits per heavy atom. The Balaban J connectivity index is 1.66. The van der Waals surface area contributed by atoms with E-state index >= 15 is 0 Å². The molecule has 29 heavy (non-hydrogen) atoms. The van der Waals surface area contributed by atoms with Crippen molar-refractivity contribution in [2.75, 3.05) is 38.7 Å². The van der Waals surface area contributed by atoms with Crippen LogP contribution < -0.4 is 9.64 Å². The number of hydrogen-bond donors (Lipinski definition) is 1. The highest BCUT2D eigenvalue weighted by molar-refractivity contribution is 5.71. The third-order valence-corrected chi connectivity index (χ3v) is 5.74. The number of hydrogen-bond acceptors (Lipinski definition) is 7. The highest BCUT2D eigenvalue weighted by atomic mass is 19.4. The van der Waals surface area contributed by atoms with Crippen molar-refractivity contribution >= 4 is 5.95 Å². The molecule has 2 aliphatic rings. The molecule has 0 bridgehead atoms. The molecule has 7 nitrogen and oxygen atoms in total. The van der Waals surface area contributed by atoms with E-state index in [1.54, 1.807) is 0 Å². The first-order valence-corrected chi connectivity index (χ1v) is 9.42. The zero-order valence-corrected chi connectivity index (χ0v) is 16.1. The van der Waals surface area contributed by atoms with E-state index in [0.29, 0.717) is 24.0 Å². The van der Waals surface area contributed by atoms with Crippen molar-refractivity contribution in [2.45, 2.75) is 25.1 Å². The maximum absolute atomic E-state index is 12.9. The van der Waals surface area contributed by atoms with E-state index in [9.17, 15) is 18.3 Å². The van der Waals surface area contributed by atoms with Gasteiger partial charge in [-0.15, -0.1) is 10.2 Å². The topological polar surface area (TPSA) is 74.6 Å². The van der Waals surface area contributed by atoms with E-state index in [-0.39, 0.29) is 17.1 Å². The molecule has 10 heteroatoms. The van der Waals surface area contributed by atoms with Gasteiger partial charge in [0.2, 0.25) is 11.8 Å². The Labute approximate surface area is 166 Å². The number of halogens is 3. The minimum atomic E-state index is -4.55. The van der Waals surface area contributed by atoms with Gasteiger partial charge in [-0.05, 0) is 50.6 Å². The van der Waals surface area contributed by atoms with Crippen molar-refractivity contribution in [1.82, 2.24) is 20.1 Å². The number of nitrogens with zero attached hydrogens (tertiary/aromatic N) is 5. The zero-order chi connectivity index (χ0) is 20.8. The fraction of sp³-hybridized carbons (Fsp3) is 0.526. The lowest BCUT2D eigenvalue weighted by molar-refractivity contribution is -0.137. The van der Waals surface area contributed by atoms with Gasteiger partial charge in [0.05, 0.1) is 12.7 Å². The Hall–Kier alpha value is -2.62. The van der Waals surface area contributed by atoms with Crippen molar-refractivity contribution in [3.8, 4) is 22.9 Å². The molecule has 2 aliphatic heterocycles. The molecule has 3 heterocycles. The molecule has 2 aromatic rings. The van der Waals surface area contributed by atoms with Gasteiger partial charge < -0.3 is 19.6 Å². The number of alkyl halides is 3. The Bertz CT molecular complexity index is 908. The van der Waals surface area contributed by atoms with Gasteiger partial charge in [-0.1, -0.05) is 0 Å². The van der Waals surface area contributed by atoms with Gasteiger partial charge in [-0.25, -0.2) is 0 Å². The number of likely N-dealkylation sites (N-methyl/N-ethyl adjacent to an activating group) is 1. The molecule has 1 aromatic heterocycles. The Kier molecular flexibility index (Phi) is 4.97. The average molecular weight is 409 g/mol. The van der Waals surface area contributed by atoms with Crippen molar-refractivity contribution in [1.29, 1.82) is 0 Å². The number of aromatic nitrogens is 3. The highest BCUT2D eigenvalue weighted by Gasteiger charge is 2.39. The number of phenolic OH excluding ortho intramolecular Hbond substituents is 1. The Morgan fingerprint density at radius 1 is 1.17 bits per heavy atom. The second kappa shape index (κ2) is 7.33. The summed E-state index contributed by atoms with van der Waals surface area (Å²) in [5, 5.41) is 18.5. The monoisotopic (exact) mass is 409 g/mol. The van der Waals surface area contributed by atoms with Crippen LogP contribution in [0.1, 0.15) is 18.4 Å². The van der Waals surface area contributed by atoms with E-state index < -0.39 is 17.5 Å². The molecule has 0 aliphatic carbocycles. The first kappa shape index (κ1) is 19.7. The molecule has 2 saturated heterocycles. The van der Waals surface area contributed by atoms with Crippen LogP contribution in [-0.4, -0.2) is 65.0 Å². The number of piperidine rings is 1. The summed E-state index contributed by atoms with van der Waals surface area (Å²) in [4.78, 5) is 8.85. The van der Waals surface area contributed by atoms with E-state index in [2.05, 4.69) is 32.0 Å². The minimum Gasteiger partial charge on any atom is -0.507 e. The summed E-state index contributed by atoms with van der Waals surface area (Å²) in [6.45, 7) is 2.81. The SMILES string of the molecule is COc1nc(N2CCC3CCN(C)CC32)nnc1-c1ccc(C(F)(F)F)cc1O. The second-order valence-corrected chi connectivity index (χ2v) is 7.56. The fourth-order valence-electron chi connectivity index (χ4n) is 4.19. The van der Waals surface area contributed by atoms with Gasteiger partial charge in [-0.2, -0.15) is 18.2 Å². The van der Waals surface area contributed by atoms with Gasteiger partial charge in [0.1, 0.15) is 5.75 Å². The predicted molar refractivity (Wildman–Crippen MR) is 99.8 cm³/mol. The van der Waals surface area contributed by atoms with Crippen molar-refractivity contribution in [3.05, 3.63) is 23.8 Å². The number of methoxy groups -OCH3 is 1. The van der Waals surface area contributed by atoms with Crippen LogP contribution in [-0.2, 0) is 6.18 Å². The van der Waals surface area contributed by atoms with Gasteiger partial charge in [0.25, 0.3) is 0 Å². The standard InChI is InChI=1S/C19H22F3N5O2/c1-26-7-5-11-6-8-27(14(11)10-26)18-23-17(29-2)16(24-25-18)13-4-3-12(9-15(13)28)19(20,21)22/h3-4,9,11,14,28H,5-8,10H2,1-2H3. The third kappa shape index (κ3) is 3.68. The van der Waals surface area contributed by atoms with Crippen LogP contribution in [0, 0.1) is 5.92 Å². The number of phenols is 1. The molecule has 0 radical (unpaired) electrons. The third-order valence-electron chi connectivity index (χ3n) is 5.74. The molecule has 0 spiro atoms. The van der Waals surface area contributed by atoms with Crippen molar-refractivity contribution in [3.63, 3.8) is 0 Å². The summed E-state index contributed by atoms with van der Waals surface area (Å²) in [5.74, 6) is 0.564. The van der Waals surface area contributed by atoms with Crippen molar-refractivity contribution in [2.24, 2.45) is 5.92 Å². The summed E-state index contributed by atoms with van der Waals surface area (Å²) < 4.78 is 43.9. The normalized spacial score (nSPS) is 22.6. The largest absolute Gasteiger partial charge is 0.507 e. The van der Waals surface area contributed by atoms with Crippen LogP contribution in [0.2, 0.25) is 0 Å². The van der Waals surface area contributed by atoms with E-state index in [1.165, 1.54) is 7.11 Å². The van der Waals surface area contributed by atoms with Crippen LogP contribution in [0.3, 0.4) is 0 Å². The summed E-state index contributed by atoms with van der Waals surface area (Å²) in [7, 11) is 3.49. The van der Waals surface area contributed by atoms with Gasteiger partial charge in [0, 0.05) is 24.7 Å². The highest BCUT2D eigenvalue weighted by Crippen LogP contribution is 2.39. The molecule has 156 valence electrons. The molecule has 0 amide bonds. The van der Waals surface area contributed by atoms with E-state index in [1.807, 2.05) is 0 Å². The van der Waals surface area contributed by atoms with E-state index in [4.69, 9.17) is 4.74 Å². The quantitative estimate of drug-likeness (QED) is 0.836. The number of benzene rings is 1. The minimum absolute atomic E-state index is 0.0816. The lowest BCUT2D eigenvalue weighted by atomic mass is 9.92. The maximum atomic E-state index is 12.9. The summed E-state index contributed by atoms with van der Waals surface area (Å²) in [6.07, 6.45) is -2.36. The lowest BCUT2D eigenvalue weighted by Gasteiger charge is -2.36. The van der Waals surface area contributed by atoms with Crippen LogP contribution in [0.5, 0.6) is 11.6 Å². The first-order valence-electron chi connectivity index (χ1n) is 9.42. The second-order valence-electron chi connectivity index (χ2n) is 7.56. The average Bonchev–Trinajstić information content (AvgIpc) is 3.10. The lowest BCUT2D eigenvalue weighted by Crippen LogP contribution is -2.47. The molecule has 2 unspecified atom stereocenters. The molecule has 1 N–H and O–H groups in total. The Morgan fingerprint density at radius 3 is 2.62 bits per heavy atom. The molecular weight excluding hydrogens is 387 g/mol. The summed E-state index contributed by atoms with van der Waals surface area (Å²) >= 11 is 0. The number of rotatable bonds is 3. The van der Waals surface area contributed by atoms with Crippen LogP contribution in [0.15, 0.2) is 18.2 Å². The fourth-order valence-corrected chi connectivity index (χ4v) is 4.19. The number of anilines is 1. The number of likely N-dealkylation sites (tertiary alicyclic amines) is 1. The van der Waals surface area contributed by atoms with Crippen molar-refractivity contribution < 1.29 is 23.0 Å². The van der Waals surface area contributed by atoms with Gasteiger partial charge >= 0.3 is 6.18 Å². The number of ether oxygens (including phenoxy) is 1. The summed E-state index contributed by atoms with van der Waals surface area (Å²) in [6, 6.07) is 2.99. The first-order chi connectivity index (χ1) is 13.8. The molecule has 2 atom stereocenters. The van der Waals surface area contributed by atoms with Crippen LogP contribution in [0.25, 0.3) is 11.3 Å². The van der Waals surface area contributed by atoms with Crippen LogP contribution >= 0.6 is 0 Å². The zero-order valence-electron chi connectivity index (χ0n) is 16.1. The number of fused-ring (bicyclic) bond motifs is 1. The molecule has 1 aromatic carbocycles. The summed E-state index contributed by atoms with van der Waals surface area (Å²) in [5.41, 5.74) is -0.767. The van der Waals surface area contributed by atoms with Gasteiger partial charge in [0.15, 0.2) is 5.69 Å². The van der Waals surface area contributed by atoms with Crippen LogP contribution in [0.4, 0.5) is 19.1 Å². The predicted octanol–water partition coefficient (Wildman–Crippen LogP) is 2.80. The van der Waals surface area contributed by atoms with E-state index in [0.717, 1.165) is 44.6 Å². The molecule has 2 fully saturated rings. The molecule has 0 saturated carbocycles. The smallest absolute Gasteiger partial charge is 0.416 e. The maximum Gasteiger partial charge on any atom is 0.416 e.